The summed E-state index contributed by atoms with van der Waals surface area (Å²) in [6, 6.07) is 0. The van der Waals surface area contributed by atoms with Crippen LogP contribution in [-0.4, -0.2) is 89.2 Å². The Labute approximate surface area is 506 Å². The molecule has 0 radical (unpaired) electrons. The Kier molecular flexibility index (Phi) is 54.8. The van der Waals surface area contributed by atoms with Gasteiger partial charge in [-0.15, -0.1) is 0 Å². The van der Waals surface area contributed by atoms with Gasteiger partial charge in [-0.3, -0.25) is 14.4 Å². The highest BCUT2D eigenvalue weighted by atomic mass is 16.7. The molecule has 12 nitrogen and oxygen atoms in total. The van der Waals surface area contributed by atoms with Gasteiger partial charge in [-0.2, -0.15) is 0 Å². The smallest absolute Gasteiger partial charge is 0.335 e. The number of esters is 3. The molecule has 1 fully saturated rings. The lowest BCUT2D eigenvalue weighted by Gasteiger charge is -2.40. The zero-order valence-corrected chi connectivity index (χ0v) is 53.2. The minimum atomic E-state index is -1.91. The van der Waals surface area contributed by atoms with Gasteiger partial charge in [-0.05, 0) is 109 Å². The molecular formula is C71H124O12. The van der Waals surface area contributed by atoms with Gasteiger partial charge in [0.1, 0.15) is 18.8 Å². The van der Waals surface area contributed by atoms with Crippen LogP contribution in [0.4, 0.5) is 0 Å². The van der Waals surface area contributed by atoms with E-state index in [1.54, 1.807) is 0 Å². The Hall–Kier alpha value is -3.58. The van der Waals surface area contributed by atoms with Gasteiger partial charge in [0.15, 0.2) is 24.6 Å². The van der Waals surface area contributed by atoms with Crippen molar-refractivity contribution in [3.63, 3.8) is 0 Å². The van der Waals surface area contributed by atoms with Gasteiger partial charge in [-0.1, -0.05) is 248 Å². The van der Waals surface area contributed by atoms with Crippen LogP contribution in [0.15, 0.2) is 60.8 Å². The van der Waals surface area contributed by atoms with Gasteiger partial charge in [0, 0.05) is 19.3 Å². The van der Waals surface area contributed by atoms with Crippen LogP contribution in [-0.2, 0) is 42.9 Å². The summed E-state index contributed by atoms with van der Waals surface area (Å²) in [5, 5.41) is 31.6. The van der Waals surface area contributed by atoms with Crippen LogP contribution in [0.3, 0.4) is 0 Å². The normalized spacial score (nSPS) is 17.9. The maximum absolute atomic E-state index is 13.2. The van der Waals surface area contributed by atoms with Crippen molar-refractivity contribution in [1.82, 2.24) is 0 Å². The van der Waals surface area contributed by atoms with Crippen molar-refractivity contribution in [2.24, 2.45) is 0 Å². The van der Waals surface area contributed by atoms with E-state index in [0.29, 0.717) is 19.3 Å². The molecule has 0 saturated carbocycles. The summed E-state index contributed by atoms with van der Waals surface area (Å²) in [5.74, 6) is -3.12. The molecule has 3 N–H and O–H groups in total. The number of carbonyl (C=O) groups is 4. The molecule has 0 aromatic heterocycles. The number of carboxylic acid groups (broad SMARTS) is 1. The predicted molar refractivity (Wildman–Crippen MR) is 340 cm³/mol. The molecule has 0 aromatic rings. The summed E-state index contributed by atoms with van der Waals surface area (Å²) >= 11 is 0. The van der Waals surface area contributed by atoms with E-state index in [2.05, 4.69) is 81.5 Å². The fourth-order valence-electron chi connectivity index (χ4n) is 10.2. The van der Waals surface area contributed by atoms with Gasteiger partial charge >= 0.3 is 23.9 Å². The zero-order valence-electron chi connectivity index (χ0n) is 53.2. The average Bonchev–Trinajstić information content (AvgIpc) is 3.58. The number of carboxylic acids is 1. The van der Waals surface area contributed by atoms with E-state index in [4.69, 9.17) is 23.7 Å². The molecule has 12 heteroatoms. The third-order valence-electron chi connectivity index (χ3n) is 15.5. The highest BCUT2D eigenvalue weighted by Crippen LogP contribution is 2.27. The minimum Gasteiger partial charge on any atom is -0.479 e. The second-order valence-corrected chi connectivity index (χ2v) is 23.5. The molecule has 1 saturated heterocycles. The number of hydrogen-bond donors (Lipinski definition) is 3. The minimum absolute atomic E-state index is 0.0444. The quantitative estimate of drug-likeness (QED) is 0.0228. The lowest BCUT2D eigenvalue weighted by atomic mass is 9.98. The average molecular weight is 1170 g/mol. The summed E-state index contributed by atoms with van der Waals surface area (Å²) < 4.78 is 28.6. The third-order valence-corrected chi connectivity index (χ3v) is 15.5. The molecule has 0 aliphatic carbocycles. The number of aliphatic hydroxyl groups is 2. The lowest BCUT2D eigenvalue weighted by molar-refractivity contribution is -0.301. The SMILES string of the molecule is CCCCC/C=C\C/C=C\CCCCCCCCCCCC(=O)OCC(COC1OC(C(=O)O)C(O)C(O)C1OC(=O)CCCCCCC/C=C\C/C=C\CCCCC)OC(=O)CCCCCCCCCCC/C=C\CCCCCCCC. The van der Waals surface area contributed by atoms with Crippen molar-refractivity contribution in [2.45, 2.75) is 353 Å². The molecule has 480 valence electrons. The summed E-state index contributed by atoms with van der Waals surface area (Å²) in [5.41, 5.74) is 0. The second-order valence-electron chi connectivity index (χ2n) is 23.5. The number of unbranched alkanes of at least 4 members (excludes halogenated alkanes) is 35. The Bertz CT molecular complexity index is 1670. The van der Waals surface area contributed by atoms with Crippen LogP contribution < -0.4 is 0 Å². The second kappa shape index (κ2) is 58.8. The molecule has 0 amide bonds. The number of ether oxygens (including phenoxy) is 5. The first-order valence-electron chi connectivity index (χ1n) is 34.3. The van der Waals surface area contributed by atoms with Crippen LogP contribution in [0.2, 0.25) is 0 Å². The molecule has 83 heavy (non-hydrogen) atoms. The van der Waals surface area contributed by atoms with Crippen molar-refractivity contribution in [3.05, 3.63) is 60.8 Å². The van der Waals surface area contributed by atoms with Crippen LogP contribution in [0.5, 0.6) is 0 Å². The Morgan fingerprint density at radius 2 is 0.723 bits per heavy atom. The molecule has 0 aromatic carbocycles. The number of hydrogen-bond acceptors (Lipinski definition) is 11. The predicted octanol–water partition coefficient (Wildman–Crippen LogP) is 18.7. The molecule has 0 spiro atoms. The Morgan fingerprint density at radius 3 is 1.12 bits per heavy atom. The third kappa shape index (κ3) is 48.3. The van der Waals surface area contributed by atoms with E-state index >= 15 is 0 Å². The monoisotopic (exact) mass is 1170 g/mol. The van der Waals surface area contributed by atoms with E-state index in [1.807, 2.05) is 0 Å². The number of rotatable bonds is 59. The summed E-state index contributed by atoms with van der Waals surface area (Å²) in [7, 11) is 0. The zero-order chi connectivity index (χ0) is 60.3. The highest BCUT2D eigenvalue weighted by Gasteiger charge is 2.50. The standard InChI is InChI=1S/C71H124O12/c1-4-7-10-13-16-19-22-25-28-30-32-34-37-39-42-45-48-51-54-57-63(72)79-60-62(81-64(73)58-55-52-49-46-43-41-38-35-33-31-29-26-23-20-17-14-11-8-5-2)61-80-71-69(67(76)66(75)68(83-71)70(77)78)82-65(74)59-56-53-50-47-44-40-36-27-24-21-18-15-12-9-6-3/h16,18-19,21,25-29,36,62,66-69,71,75-76H,4-15,17,20,22-24,30-35,37-61H2,1-3H3,(H,77,78)/b19-16-,21-18-,28-25-,29-26-,36-27-. The molecule has 6 unspecified atom stereocenters. The summed E-state index contributed by atoms with van der Waals surface area (Å²) in [6.07, 6.45) is 61.7. The van der Waals surface area contributed by atoms with E-state index in [1.165, 1.54) is 161 Å². The number of carbonyl (C=O) groups excluding carboxylic acids is 3. The molecule has 1 rings (SSSR count). The molecule has 1 heterocycles. The van der Waals surface area contributed by atoms with Crippen molar-refractivity contribution >= 4 is 23.9 Å². The maximum atomic E-state index is 13.2. The van der Waals surface area contributed by atoms with Crippen LogP contribution in [0, 0.1) is 0 Å². The van der Waals surface area contributed by atoms with E-state index in [9.17, 15) is 34.5 Å². The molecule has 0 bridgehead atoms. The van der Waals surface area contributed by atoms with Crippen molar-refractivity contribution in [2.75, 3.05) is 13.2 Å². The van der Waals surface area contributed by atoms with Gasteiger partial charge in [0.05, 0.1) is 6.61 Å². The van der Waals surface area contributed by atoms with Crippen LogP contribution in [0.25, 0.3) is 0 Å². The molecular weight excluding hydrogens is 1040 g/mol. The van der Waals surface area contributed by atoms with Gasteiger partial charge in [-0.25, -0.2) is 4.79 Å². The van der Waals surface area contributed by atoms with Crippen LogP contribution in [0.1, 0.15) is 316 Å². The number of aliphatic carboxylic acids is 1. The fourth-order valence-corrected chi connectivity index (χ4v) is 10.2. The summed E-state index contributed by atoms with van der Waals surface area (Å²) in [4.78, 5) is 51.4. The van der Waals surface area contributed by atoms with E-state index in [-0.39, 0.29) is 25.9 Å². The first-order chi connectivity index (χ1) is 40.6. The first-order valence-corrected chi connectivity index (χ1v) is 34.3. The molecule has 1 aliphatic rings. The Morgan fingerprint density at radius 1 is 0.398 bits per heavy atom. The molecule has 1 aliphatic heterocycles. The summed E-state index contributed by atoms with van der Waals surface area (Å²) in [6.45, 7) is 5.97. The first kappa shape index (κ1) is 77.4. The van der Waals surface area contributed by atoms with Gasteiger partial charge < -0.3 is 39.0 Å². The highest BCUT2D eigenvalue weighted by molar-refractivity contribution is 5.74. The van der Waals surface area contributed by atoms with Gasteiger partial charge in [0.25, 0.3) is 0 Å². The van der Waals surface area contributed by atoms with E-state index < -0.39 is 67.3 Å². The lowest BCUT2D eigenvalue weighted by Crippen LogP contribution is -2.61. The van der Waals surface area contributed by atoms with E-state index in [0.717, 1.165) is 96.3 Å². The fraction of sp³-hybridized carbons (Fsp3) is 0.803. The number of allylic oxidation sites excluding steroid dienone is 10. The van der Waals surface area contributed by atoms with Gasteiger partial charge in [0.2, 0.25) is 0 Å². The number of aliphatic hydroxyl groups excluding tert-OH is 2. The topological polar surface area (TPSA) is 175 Å². The largest absolute Gasteiger partial charge is 0.479 e. The van der Waals surface area contributed by atoms with Crippen molar-refractivity contribution in [3.8, 4) is 0 Å². The molecule has 6 atom stereocenters. The van der Waals surface area contributed by atoms with Crippen molar-refractivity contribution < 1.29 is 58.2 Å². The van der Waals surface area contributed by atoms with Crippen molar-refractivity contribution in [1.29, 1.82) is 0 Å². The van der Waals surface area contributed by atoms with Crippen LogP contribution >= 0.6 is 0 Å². The maximum Gasteiger partial charge on any atom is 0.335 e. The Balaban J connectivity index is 2.65.